The first-order chi connectivity index (χ1) is 9.39. The zero-order valence-electron chi connectivity index (χ0n) is 11.2. The maximum Gasteiger partial charge on any atom is 0.243 e. The number of benzene rings is 1. The molecule has 20 heavy (non-hydrogen) atoms. The highest BCUT2D eigenvalue weighted by molar-refractivity contribution is 7.89. The zero-order valence-corrected chi connectivity index (χ0v) is 12.0. The number of piperidine rings is 1. The Kier molecular flexibility index (Phi) is 4.39. The molecule has 0 atom stereocenters. The van der Waals surface area contributed by atoms with Gasteiger partial charge in [0.15, 0.2) is 0 Å². The Morgan fingerprint density at radius 1 is 1.25 bits per heavy atom. The molecular weight excluding hydrogens is 283 g/mol. The lowest BCUT2D eigenvalue weighted by Crippen LogP contribution is -2.45. The first-order valence-corrected chi connectivity index (χ1v) is 7.86. The Bertz CT molecular complexity index is 578. The highest BCUT2D eigenvalue weighted by Gasteiger charge is 2.29. The van der Waals surface area contributed by atoms with Gasteiger partial charge in [0.05, 0.1) is 4.90 Å². The van der Waals surface area contributed by atoms with Crippen LogP contribution in [0.4, 0.5) is 4.39 Å². The Labute approximate surface area is 117 Å². The van der Waals surface area contributed by atoms with Crippen molar-refractivity contribution in [3.63, 3.8) is 0 Å². The summed E-state index contributed by atoms with van der Waals surface area (Å²) in [6.45, 7) is 2.15. The summed E-state index contributed by atoms with van der Waals surface area (Å²) in [4.78, 5) is 11.1. The zero-order chi connectivity index (χ0) is 14.8. The van der Waals surface area contributed by atoms with Gasteiger partial charge in [-0.25, -0.2) is 12.8 Å². The van der Waals surface area contributed by atoms with E-state index in [0.717, 1.165) is 12.1 Å². The fraction of sp³-hybridized carbons (Fsp3) is 0.462. The van der Waals surface area contributed by atoms with Crippen molar-refractivity contribution in [3.05, 3.63) is 30.1 Å². The van der Waals surface area contributed by atoms with E-state index in [-0.39, 0.29) is 16.8 Å². The summed E-state index contributed by atoms with van der Waals surface area (Å²) in [5.41, 5.74) is 0. The van der Waals surface area contributed by atoms with Gasteiger partial charge in [-0.05, 0) is 37.1 Å². The molecule has 1 fully saturated rings. The normalized spacial score (nSPS) is 17.9. The molecule has 0 bridgehead atoms. The molecule has 1 aromatic rings. The summed E-state index contributed by atoms with van der Waals surface area (Å²) in [5.74, 6) is -0.571. The molecule has 1 N–H and O–H groups in total. The Hall–Kier alpha value is -1.47. The lowest BCUT2D eigenvalue weighted by molar-refractivity contribution is -0.119. The van der Waals surface area contributed by atoms with Crippen LogP contribution in [0.15, 0.2) is 29.2 Å². The molecule has 1 heterocycles. The van der Waals surface area contributed by atoms with Gasteiger partial charge in [0, 0.05) is 26.1 Å². The molecule has 1 aliphatic rings. The van der Waals surface area contributed by atoms with Crippen LogP contribution in [0.3, 0.4) is 0 Å². The summed E-state index contributed by atoms with van der Waals surface area (Å²) in [6.07, 6.45) is 1.17. The average molecular weight is 300 g/mol. The summed E-state index contributed by atoms with van der Waals surface area (Å²) in [6, 6.07) is 4.83. The molecule has 1 saturated heterocycles. The Morgan fingerprint density at radius 3 is 2.30 bits per heavy atom. The summed E-state index contributed by atoms with van der Waals surface area (Å²) >= 11 is 0. The van der Waals surface area contributed by atoms with Gasteiger partial charge in [-0.2, -0.15) is 4.31 Å². The van der Waals surface area contributed by atoms with Crippen LogP contribution in [0.1, 0.15) is 19.8 Å². The monoisotopic (exact) mass is 300 g/mol. The van der Waals surface area contributed by atoms with Gasteiger partial charge in [-0.3, -0.25) is 4.79 Å². The number of nitrogens with zero attached hydrogens (tertiary/aromatic N) is 1. The third-order valence-electron chi connectivity index (χ3n) is 3.31. The summed E-state index contributed by atoms with van der Waals surface area (Å²) < 4.78 is 38.9. The van der Waals surface area contributed by atoms with Crippen LogP contribution in [0.5, 0.6) is 0 Å². The van der Waals surface area contributed by atoms with Crippen molar-refractivity contribution in [1.29, 1.82) is 0 Å². The molecule has 5 nitrogen and oxygen atoms in total. The summed E-state index contributed by atoms with van der Waals surface area (Å²) in [7, 11) is -3.58. The van der Waals surface area contributed by atoms with Crippen molar-refractivity contribution in [2.45, 2.75) is 30.7 Å². The number of nitrogens with one attached hydrogen (secondary N) is 1. The second-order valence-corrected chi connectivity index (χ2v) is 6.77. The van der Waals surface area contributed by atoms with E-state index in [2.05, 4.69) is 5.32 Å². The van der Waals surface area contributed by atoms with Gasteiger partial charge in [0.2, 0.25) is 15.9 Å². The van der Waals surface area contributed by atoms with Crippen LogP contribution in [-0.4, -0.2) is 37.8 Å². The second kappa shape index (κ2) is 5.88. The Balaban J connectivity index is 2.05. The van der Waals surface area contributed by atoms with Crippen LogP contribution >= 0.6 is 0 Å². The molecule has 0 aromatic heterocycles. The second-order valence-electron chi connectivity index (χ2n) is 4.83. The van der Waals surface area contributed by atoms with Gasteiger partial charge >= 0.3 is 0 Å². The lowest BCUT2D eigenvalue weighted by atomic mass is 10.1. The maximum atomic E-state index is 12.8. The SMILES string of the molecule is CC(=O)NC1CCN(S(=O)(=O)c2ccc(F)cc2)CC1. The van der Waals surface area contributed by atoms with Gasteiger partial charge in [0.1, 0.15) is 5.82 Å². The van der Waals surface area contributed by atoms with Crippen LogP contribution < -0.4 is 5.32 Å². The van der Waals surface area contributed by atoms with E-state index in [1.165, 1.54) is 23.4 Å². The first-order valence-electron chi connectivity index (χ1n) is 6.42. The highest BCUT2D eigenvalue weighted by Crippen LogP contribution is 2.21. The molecule has 1 aliphatic heterocycles. The Morgan fingerprint density at radius 2 is 1.80 bits per heavy atom. The van der Waals surface area contributed by atoms with Gasteiger partial charge < -0.3 is 5.32 Å². The standard InChI is InChI=1S/C13H17FN2O3S/c1-10(17)15-12-6-8-16(9-7-12)20(18,19)13-4-2-11(14)3-5-13/h2-5,12H,6-9H2,1H3,(H,15,17). The molecule has 0 aliphatic carbocycles. The molecule has 0 radical (unpaired) electrons. The predicted octanol–water partition coefficient (Wildman–Crippen LogP) is 1.11. The van der Waals surface area contributed by atoms with Crippen molar-refractivity contribution in [1.82, 2.24) is 9.62 Å². The number of carbonyl (C=O) groups excluding carboxylic acids is 1. The topological polar surface area (TPSA) is 66.5 Å². The molecule has 0 unspecified atom stereocenters. The van der Waals surface area contributed by atoms with Crippen LogP contribution in [0.25, 0.3) is 0 Å². The van der Waals surface area contributed by atoms with E-state index < -0.39 is 15.8 Å². The van der Waals surface area contributed by atoms with Crippen molar-refractivity contribution in [3.8, 4) is 0 Å². The fourth-order valence-corrected chi connectivity index (χ4v) is 3.75. The number of amides is 1. The minimum Gasteiger partial charge on any atom is -0.354 e. The minimum atomic E-state index is -3.58. The molecule has 7 heteroatoms. The lowest BCUT2D eigenvalue weighted by Gasteiger charge is -2.31. The largest absolute Gasteiger partial charge is 0.354 e. The van der Waals surface area contributed by atoms with E-state index in [1.807, 2.05) is 0 Å². The van der Waals surface area contributed by atoms with Crippen LogP contribution in [0, 0.1) is 5.82 Å². The number of hydrogen-bond donors (Lipinski definition) is 1. The van der Waals surface area contributed by atoms with Crippen molar-refractivity contribution < 1.29 is 17.6 Å². The van der Waals surface area contributed by atoms with Crippen LogP contribution in [0.2, 0.25) is 0 Å². The van der Waals surface area contributed by atoms with E-state index >= 15 is 0 Å². The molecule has 110 valence electrons. The highest BCUT2D eigenvalue weighted by atomic mass is 32.2. The molecule has 0 spiro atoms. The van der Waals surface area contributed by atoms with E-state index in [1.54, 1.807) is 0 Å². The predicted molar refractivity (Wildman–Crippen MR) is 72.0 cm³/mol. The molecule has 1 amide bonds. The van der Waals surface area contributed by atoms with E-state index in [4.69, 9.17) is 0 Å². The smallest absolute Gasteiger partial charge is 0.243 e. The minimum absolute atomic E-state index is 0.0205. The molecular formula is C13H17FN2O3S. The number of sulfonamides is 1. The van der Waals surface area contributed by atoms with E-state index in [9.17, 15) is 17.6 Å². The van der Waals surface area contributed by atoms with Crippen molar-refractivity contribution in [2.75, 3.05) is 13.1 Å². The first kappa shape index (κ1) is 14.9. The number of hydrogen-bond acceptors (Lipinski definition) is 3. The average Bonchev–Trinajstić information content (AvgIpc) is 2.39. The number of rotatable bonds is 3. The number of halogens is 1. The van der Waals surface area contributed by atoms with Crippen molar-refractivity contribution in [2.24, 2.45) is 0 Å². The van der Waals surface area contributed by atoms with Crippen LogP contribution in [-0.2, 0) is 14.8 Å². The van der Waals surface area contributed by atoms with Gasteiger partial charge in [-0.1, -0.05) is 0 Å². The van der Waals surface area contributed by atoms with Crippen molar-refractivity contribution >= 4 is 15.9 Å². The fourth-order valence-electron chi connectivity index (χ4n) is 2.28. The van der Waals surface area contributed by atoms with E-state index in [0.29, 0.717) is 25.9 Å². The third-order valence-corrected chi connectivity index (χ3v) is 5.23. The van der Waals surface area contributed by atoms with Gasteiger partial charge in [-0.15, -0.1) is 0 Å². The molecule has 2 rings (SSSR count). The maximum absolute atomic E-state index is 12.8. The molecule has 0 saturated carbocycles. The quantitative estimate of drug-likeness (QED) is 0.909. The molecule has 1 aromatic carbocycles. The number of carbonyl (C=O) groups is 1. The third kappa shape index (κ3) is 3.34. The summed E-state index contributed by atoms with van der Waals surface area (Å²) in [5, 5.41) is 2.79. The van der Waals surface area contributed by atoms with Gasteiger partial charge in [0.25, 0.3) is 0 Å².